The summed E-state index contributed by atoms with van der Waals surface area (Å²) in [6, 6.07) is 0. The number of amides is 1. The first-order valence-electron chi connectivity index (χ1n) is 7.67. The molecule has 0 aromatic carbocycles. The molecule has 1 N–H and O–H groups in total. The summed E-state index contributed by atoms with van der Waals surface area (Å²) in [5.74, 6) is -0.926. The number of rotatable bonds is 13. The number of carbonyl (C=O) groups excluding carboxylic acids is 1. The number of ether oxygens (including phenoxy) is 2. The number of hydrogen-bond donors (Lipinski definition) is 1. The Kier molecular flexibility index (Phi) is 11.4. The molecule has 22 heavy (non-hydrogen) atoms. The second-order valence-electron chi connectivity index (χ2n) is 5.15. The summed E-state index contributed by atoms with van der Waals surface area (Å²) >= 11 is 0. The second kappa shape index (κ2) is 12.2. The van der Waals surface area contributed by atoms with Crippen molar-refractivity contribution in [2.45, 2.75) is 51.2 Å². The smallest absolute Gasteiger partial charge is 0.303 e. The van der Waals surface area contributed by atoms with Crippen molar-refractivity contribution in [2.24, 2.45) is 0 Å². The summed E-state index contributed by atoms with van der Waals surface area (Å²) < 4.78 is 10.7. The predicted octanol–water partition coefficient (Wildman–Crippen LogP) is 2.09. The van der Waals surface area contributed by atoms with E-state index >= 15 is 0 Å². The van der Waals surface area contributed by atoms with E-state index in [1.807, 2.05) is 0 Å². The Bertz CT molecular complexity index is 345. The topological polar surface area (TPSA) is 76.1 Å². The minimum Gasteiger partial charge on any atom is -0.481 e. The van der Waals surface area contributed by atoms with Crippen molar-refractivity contribution in [1.82, 2.24) is 4.90 Å². The van der Waals surface area contributed by atoms with Crippen molar-refractivity contribution in [3.63, 3.8) is 0 Å². The highest BCUT2D eigenvalue weighted by Gasteiger charge is 2.23. The van der Waals surface area contributed by atoms with Crippen LogP contribution in [0.3, 0.4) is 0 Å². The lowest BCUT2D eigenvalue weighted by molar-refractivity contribution is -0.137. The van der Waals surface area contributed by atoms with Gasteiger partial charge < -0.3 is 19.5 Å². The van der Waals surface area contributed by atoms with Gasteiger partial charge in [-0.2, -0.15) is 0 Å². The molecule has 0 rings (SSSR count). The van der Waals surface area contributed by atoms with Crippen molar-refractivity contribution >= 4 is 11.9 Å². The largest absolute Gasteiger partial charge is 0.481 e. The lowest BCUT2D eigenvalue weighted by Crippen LogP contribution is -2.43. The average molecular weight is 315 g/mol. The number of nitrogens with zero attached hydrogens (tertiary/aromatic N) is 1. The SMILES string of the molecule is C=C[C@H](OC)[C@H](CN(CCCC)C(=O)CCCC(=O)O)OC. The van der Waals surface area contributed by atoms with E-state index in [0.29, 0.717) is 19.5 Å². The minimum atomic E-state index is -0.881. The van der Waals surface area contributed by atoms with Gasteiger partial charge >= 0.3 is 5.97 Å². The van der Waals surface area contributed by atoms with Crippen LogP contribution in [-0.2, 0) is 19.1 Å². The molecule has 1 amide bonds. The Labute approximate surface area is 133 Å². The molecule has 0 aliphatic carbocycles. The Morgan fingerprint density at radius 1 is 1.23 bits per heavy atom. The van der Waals surface area contributed by atoms with Crippen LogP contribution in [0.25, 0.3) is 0 Å². The number of hydrogen-bond acceptors (Lipinski definition) is 4. The fourth-order valence-corrected chi connectivity index (χ4v) is 2.15. The normalized spacial score (nSPS) is 13.4. The molecule has 0 saturated heterocycles. The summed E-state index contributed by atoms with van der Waals surface area (Å²) in [4.78, 5) is 24.6. The molecule has 0 heterocycles. The summed E-state index contributed by atoms with van der Waals surface area (Å²) in [5.41, 5.74) is 0. The number of methoxy groups -OCH3 is 2. The van der Waals surface area contributed by atoms with Gasteiger partial charge in [-0.15, -0.1) is 6.58 Å². The van der Waals surface area contributed by atoms with Crippen LogP contribution in [0.1, 0.15) is 39.0 Å². The van der Waals surface area contributed by atoms with Crippen LogP contribution in [0, 0.1) is 0 Å². The number of aliphatic carboxylic acids is 1. The van der Waals surface area contributed by atoms with E-state index in [-0.39, 0.29) is 31.0 Å². The van der Waals surface area contributed by atoms with Gasteiger partial charge in [-0.05, 0) is 12.8 Å². The standard InChI is InChI=1S/C16H29NO5/c1-5-7-11-17(15(18)9-8-10-16(19)20)12-14(22-4)13(6-2)21-3/h6,13-14H,2,5,7-12H2,1,3-4H3,(H,19,20)/t13-,14-/m0/s1. The van der Waals surface area contributed by atoms with E-state index in [0.717, 1.165) is 12.8 Å². The molecule has 0 radical (unpaired) electrons. The molecule has 0 aromatic rings. The predicted molar refractivity (Wildman–Crippen MR) is 84.8 cm³/mol. The number of carboxylic acid groups (broad SMARTS) is 1. The van der Waals surface area contributed by atoms with E-state index in [1.54, 1.807) is 25.2 Å². The summed E-state index contributed by atoms with van der Waals surface area (Å²) in [7, 11) is 3.15. The quantitative estimate of drug-likeness (QED) is 0.527. The first-order chi connectivity index (χ1) is 10.5. The average Bonchev–Trinajstić information content (AvgIpc) is 2.49. The molecule has 0 bridgehead atoms. The molecule has 0 aliphatic rings. The molecule has 0 aliphatic heterocycles. The molecule has 128 valence electrons. The highest BCUT2D eigenvalue weighted by molar-refractivity contribution is 5.77. The van der Waals surface area contributed by atoms with Gasteiger partial charge in [0.15, 0.2) is 0 Å². The minimum absolute atomic E-state index is 0.00835. The Morgan fingerprint density at radius 3 is 2.36 bits per heavy atom. The summed E-state index contributed by atoms with van der Waals surface area (Å²) in [6.45, 7) is 6.81. The zero-order chi connectivity index (χ0) is 17.0. The van der Waals surface area contributed by atoms with Gasteiger partial charge in [-0.1, -0.05) is 19.4 Å². The zero-order valence-electron chi connectivity index (χ0n) is 13.9. The van der Waals surface area contributed by atoms with Gasteiger partial charge in [0, 0.05) is 40.2 Å². The van der Waals surface area contributed by atoms with Gasteiger partial charge in [-0.25, -0.2) is 0 Å². The summed E-state index contributed by atoms with van der Waals surface area (Å²) in [5, 5.41) is 8.65. The maximum atomic E-state index is 12.3. The fourth-order valence-electron chi connectivity index (χ4n) is 2.15. The molecule has 0 spiro atoms. The molecule has 0 aromatic heterocycles. The fraction of sp³-hybridized carbons (Fsp3) is 0.750. The molecule has 6 nitrogen and oxygen atoms in total. The second-order valence-corrected chi connectivity index (χ2v) is 5.15. The Morgan fingerprint density at radius 2 is 1.91 bits per heavy atom. The van der Waals surface area contributed by atoms with E-state index in [2.05, 4.69) is 13.5 Å². The molecule has 6 heteroatoms. The van der Waals surface area contributed by atoms with Crippen LogP contribution >= 0.6 is 0 Å². The molecular formula is C16H29NO5. The molecule has 2 atom stereocenters. The van der Waals surface area contributed by atoms with E-state index in [9.17, 15) is 9.59 Å². The number of carbonyl (C=O) groups is 2. The molecule has 0 fully saturated rings. The van der Waals surface area contributed by atoms with Crippen LogP contribution in [0.4, 0.5) is 0 Å². The van der Waals surface area contributed by atoms with Crippen LogP contribution < -0.4 is 0 Å². The maximum absolute atomic E-state index is 12.3. The van der Waals surface area contributed by atoms with Crippen molar-refractivity contribution < 1.29 is 24.2 Å². The van der Waals surface area contributed by atoms with Crippen molar-refractivity contribution in [3.05, 3.63) is 12.7 Å². The monoisotopic (exact) mass is 315 g/mol. The number of unbranched alkanes of at least 4 members (excludes halogenated alkanes) is 1. The highest BCUT2D eigenvalue weighted by Crippen LogP contribution is 2.10. The van der Waals surface area contributed by atoms with E-state index < -0.39 is 5.97 Å². The highest BCUT2D eigenvalue weighted by atomic mass is 16.5. The van der Waals surface area contributed by atoms with Crippen molar-refractivity contribution in [3.8, 4) is 0 Å². The van der Waals surface area contributed by atoms with E-state index in [1.165, 1.54) is 0 Å². The van der Waals surface area contributed by atoms with Gasteiger partial charge in [0.2, 0.25) is 5.91 Å². The molecule has 0 unspecified atom stereocenters. The first kappa shape index (κ1) is 20.6. The van der Waals surface area contributed by atoms with Crippen LogP contribution in [0.15, 0.2) is 12.7 Å². The summed E-state index contributed by atoms with van der Waals surface area (Å²) in [6.07, 6.45) is 3.54. The third-order valence-electron chi connectivity index (χ3n) is 3.49. The Balaban J connectivity index is 4.68. The molecular weight excluding hydrogens is 286 g/mol. The lowest BCUT2D eigenvalue weighted by Gasteiger charge is -2.30. The van der Waals surface area contributed by atoms with Crippen LogP contribution in [0.2, 0.25) is 0 Å². The zero-order valence-corrected chi connectivity index (χ0v) is 13.9. The number of carboxylic acids is 1. The Hall–Kier alpha value is -1.40. The third-order valence-corrected chi connectivity index (χ3v) is 3.49. The molecule has 0 saturated carbocycles. The van der Waals surface area contributed by atoms with Gasteiger partial charge in [0.25, 0.3) is 0 Å². The van der Waals surface area contributed by atoms with Gasteiger partial charge in [-0.3, -0.25) is 9.59 Å². The van der Waals surface area contributed by atoms with Crippen molar-refractivity contribution in [2.75, 3.05) is 27.3 Å². The van der Waals surface area contributed by atoms with Crippen LogP contribution in [-0.4, -0.2) is 61.4 Å². The third kappa shape index (κ3) is 8.14. The van der Waals surface area contributed by atoms with Crippen LogP contribution in [0.5, 0.6) is 0 Å². The van der Waals surface area contributed by atoms with Gasteiger partial charge in [0.1, 0.15) is 12.2 Å². The maximum Gasteiger partial charge on any atom is 0.303 e. The van der Waals surface area contributed by atoms with Gasteiger partial charge in [0.05, 0.1) is 0 Å². The van der Waals surface area contributed by atoms with E-state index in [4.69, 9.17) is 14.6 Å². The van der Waals surface area contributed by atoms with Crippen molar-refractivity contribution in [1.29, 1.82) is 0 Å². The first-order valence-corrected chi connectivity index (χ1v) is 7.67. The lowest BCUT2D eigenvalue weighted by atomic mass is 10.1.